The van der Waals surface area contributed by atoms with E-state index in [2.05, 4.69) is 10.6 Å². The number of rotatable bonds is 8. The molecule has 1 rings (SSSR count). The van der Waals surface area contributed by atoms with E-state index in [9.17, 15) is 14.7 Å². The van der Waals surface area contributed by atoms with E-state index < -0.39 is 23.8 Å². The summed E-state index contributed by atoms with van der Waals surface area (Å²) >= 11 is 0. The lowest BCUT2D eigenvalue weighted by atomic mass is 10.1. The van der Waals surface area contributed by atoms with E-state index in [1.165, 1.54) is 0 Å². The molecule has 1 aromatic carbocycles. The van der Waals surface area contributed by atoms with Crippen molar-refractivity contribution < 1.29 is 24.2 Å². The summed E-state index contributed by atoms with van der Waals surface area (Å²) in [4.78, 5) is 23.2. The van der Waals surface area contributed by atoms with Crippen LogP contribution in [0.5, 0.6) is 0 Å². The Kier molecular flexibility index (Phi) is 8.77. The number of aliphatic hydroxyl groups is 1. The second-order valence-corrected chi connectivity index (χ2v) is 6.66. The van der Waals surface area contributed by atoms with Crippen LogP contribution in [0.25, 0.3) is 0 Å². The van der Waals surface area contributed by atoms with Crippen LogP contribution in [0.4, 0.5) is 9.59 Å². The fourth-order valence-electron chi connectivity index (χ4n) is 1.99. The average Bonchev–Trinajstić information content (AvgIpc) is 2.55. The van der Waals surface area contributed by atoms with E-state index in [0.717, 1.165) is 5.56 Å². The summed E-state index contributed by atoms with van der Waals surface area (Å²) in [5.74, 6) is 0. The second kappa shape index (κ2) is 10.6. The van der Waals surface area contributed by atoms with E-state index in [1.54, 1.807) is 20.8 Å². The maximum Gasteiger partial charge on any atom is 0.407 e. The van der Waals surface area contributed by atoms with Crippen molar-refractivity contribution in [3.8, 4) is 0 Å². The van der Waals surface area contributed by atoms with E-state index in [4.69, 9.17) is 9.47 Å². The molecule has 7 heteroatoms. The molecule has 2 amide bonds. The summed E-state index contributed by atoms with van der Waals surface area (Å²) in [6, 6.07) is 8.91. The number of hydrogen-bond donors (Lipinski definition) is 3. The first-order valence-corrected chi connectivity index (χ1v) is 8.35. The predicted molar refractivity (Wildman–Crippen MR) is 94.1 cm³/mol. The van der Waals surface area contributed by atoms with Crippen LogP contribution in [0.15, 0.2) is 30.3 Å². The van der Waals surface area contributed by atoms with Gasteiger partial charge in [0.05, 0.1) is 12.6 Å². The lowest BCUT2D eigenvalue weighted by Crippen LogP contribution is -2.39. The van der Waals surface area contributed by atoms with Gasteiger partial charge in [0, 0.05) is 6.54 Å². The van der Waals surface area contributed by atoms with Crippen LogP contribution in [0, 0.1) is 0 Å². The summed E-state index contributed by atoms with van der Waals surface area (Å²) < 4.78 is 10.2. The summed E-state index contributed by atoms with van der Waals surface area (Å²) in [6.07, 6.45) is 0.0298. The molecule has 0 spiro atoms. The Hall–Kier alpha value is -2.28. The zero-order valence-electron chi connectivity index (χ0n) is 15.1. The molecule has 0 aliphatic carbocycles. The van der Waals surface area contributed by atoms with Gasteiger partial charge < -0.3 is 25.2 Å². The number of alkyl carbamates (subject to hydrolysis) is 2. The largest absolute Gasteiger partial charge is 0.445 e. The predicted octanol–water partition coefficient (Wildman–Crippen LogP) is 2.58. The molecule has 0 saturated carbocycles. The van der Waals surface area contributed by atoms with Crippen LogP contribution < -0.4 is 10.6 Å². The van der Waals surface area contributed by atoms with Gasteiger partial charge in [0.2, 0.25) is 0 Å². The van der Waals surface area contributed by atoms with Gasteiger partial charge in [0.25, 0.3) is 0 Å². The summed E-state index contributed by atoms with van der Waals surface area (Å²) in [5, 5.41) is 14.6. The van der Waals surface area contributed by atoms with Gasteiger partial charge in [-0.3, -0.25) is 0 Å². The lowest BCUT2D eigenvalue weighted by molar-refractivity contribution is 0.0526. The number of aliphatic hydroxyl groups excluding tert-OH is 1. The van der Waals surface area contributed by atoms with Gasteiger partial charge in [-0.25, -0.2) is 9.59 Å². The minimum atomic E-state index is -0.581. The molecule has 0 aliphatic heterocycles. The standard InChI is InChI=1S/C18H28N2O5/c1-18(2,3)25-16(22)19-11-7-10-15(12-21)20-17(23)24-13-14-8-5-4-6-9-14/h4-6,8-9,15,21H,7,10-13H2,1-3H3,(H,19,22)(H,20,23)/t15-/m0/s1. The van der Waals surface area contributed by atoms with Gasteiger partial charge in [-0.05, 0) is 39.2 Å². The van der Waals surface area contributed by atoms with Crippen LogP contribution in [0.1, 0.15) is 39.2 Å². The van der Waals surface area contributed by atoms with Gasteiger partial charge in [-0.15, -0.1) is 0 Å². The fraction of sp³-hybridized carbons (Fsp3) is 0.556. The monoisotopic (exact) mass is 352 g/mol. The van der Waals surface area contributed by atoms with Gasteiger partial charge in [-0.1, -0.05) is 30.3 Å². The minimum absolute atomic E-state index is 0.172. The molecule has 0 bridgehead atoms. The Bertz CT molecular complexity index is 528. The van der Waals surface area contributed by atoms with Gasteiger partial charge in [0.1, 0.15) is 12.2 Å². The van der Waals surface area contributed by atoms with Crippen LogP contribution in [-0.4, -0.2) is 42.1 Å². The summed E-state index contributed by atoms with van der Waals surface area (Å²) in [6.45, 7) is 5.74. The Morgan fingerprint density at radius 1 is 1.16 bits per heavy atom. The lowest BCUT2D eigenvalue weighted by Gasteiger charge is -2.20. The molecule has 140 valence electrons. The smallest absolute Gasteiger partial charge is 0.407 e. The molecule has 3 N–H and O–H groups in total. The van der Waals surface area contributed by atoms with Crippen molar-refractivity contribution in [2.45, 2.75) is 51.9 Å². The molecule has 0 aliphatic rings. The molecular formula is C18H28N2O5. The van der Waals surface area contributed by atoms with E-state index in [-0.39, 0.29) is 13.2 Å². The highest BCUT2D eigenvalue weighted by molar-refractivity contribution is 5.68. The zero-order valence-corrected chi connectivity index (χ0v) is 15.1. The molecule has 0 saturated heterocycles. The second-order valence-electron chi connectivity index (χ2n) is 6.66. The van der Waals surface area contributed by atoms with Crippen LogP contribution in [0.3, 0.4) is 0 Å². The van der Waals surface area contributed by atoms with Crippen molar-refractivity contribution in [2.24, 2.45) is 0 Å². The molecule has 0 fully saturated rings. The normalized spacial score (nSPS) is 12.2. The maximum absolute atomic E-state index is 11.7. The zero-order chi connectivity index (χ0) is 18.7. The van der Waals surface area contributed by atoms with Gasteiger partial charge in [-0.2, -0.15) is 0 Å². The highest BCUT2D eigenvalue weighted by Crippen LogP contribution is 2.06. The van der Waals surface area contributed by atoms with Crippen LogP contribution in [0.2, 0.25) is 0 Å². The SMILES string of the molecule is CC(C)(C)OC(=O)NCCC[C@@H](CO)NC(=O)OCc1ccccc1. The highest BCUT2D eigenvalue weighted by atomic mass is 16.6. The Labute approximate surface area is 148 Å². The molecule has 1 atom stereocenters. The Morgan fingerprint density at radius 3 is 2.44 bits per heavy atom. The topological polar surface area (TPSA) is 96.9 Å². The van der Waals surface area contributed by atoms with Crippen molar-refractivity contribution in [2.75, 3.05) is 13.2 Å². The maximum atomic E-state index is 11.7. The van der Waals surface area contributed by atoms with Crippen LogP contribution in [-0.2, 0) is 16.1 Å². The van der Waals surface area contributed by atoms with Gasteiger partial charge >= 0.3 is 12.2 Å². The Morgan fingerprint density at radius 2 is 1.84 bits per heavy atom. The number of carbonyl (C=O) groups excluding carboxylic acids is 2. The minimum Gasteiger partial charge on any atom is -0.445 e. The first-order chi connectivity index (χ1) is 11.8. The molecular weight excluding hydrogens is 324 g/mol. The molecule has 7 nitrogen and oxygen atoms in total. The third kappa shape index (κ3) is 10.2. The molecule has 0 aromatic heterocycles. The summed E-state index contributed by atoms with van der Waals surface area (Å²) in [5.41, 5.74) is 0.349. The highest BCUT2D eigenvalue weighted by Gasteiger charge is 2.16. The van der Waals surface area contributed by atoms with Crippen molar-refractivity contribution in [3.63, 3.8) is 0 Å². The number of hydrogen-bond acceptors (Lipinski definition) is 5. The summed E-state index contributed by atoms with van der Waals surface area (Å²) in [7, 11) is 0. The molecule has 25 heavy (non-hydrogen) atoms. The van der Waals surface area contributed by atoms with Crippen molar-refractivity contribution in [3.05, 3.63) is 35.9 Å². The molecule has 0 radical (unpaired) electrons. The van der Waals surface area contributed by atoms with Crippen molar-refractivity contribution in [1.29, 1.82) is 0 Å². The number of amides is 2. The number of ether oxygens (including phenoxy) is 2. The fourth-order valence-corrected chi connectivity index (χ4v) is 1.99. The number of carbonyl (C=O) groups is 2. The first kappa shape index (κ1) is 20.8. The quantitative estimate of drug-likeness (QED) is 0.625. The average molecular weight is 352 g/mol. The molecule has 0 heterocycles. The van der Waals surface area contributed by atoms with Crippen molar-refractivity contribution in [1.82, 2.24) is 10.6 Å². The van der Waals surface area contributed by atoms with Crippen LogP contribution >= 0.6 is 0 Å². The van der Waals surface area contributed by atoms with E-state index in [1.807, 2.05) is 30.3 Å². The third-order valence-electron chi connectivity index (χ3n) is 3.15. The molecule has 0 unspecified atom stereocenters. The first-order valence-electron chi connectivity index (χ1n) is 8.35. The van der Waals surface area contributed by atoms with Gasteiger partial charge in [0.15, 0.2) is 0 Å². The van der Waals surface area contributed by atoms with E-state index >= 15 is 0 Å². The Balaban J connectivity index is 2.20. The van der Waals surface area contributed by atoms with E-state index in [0.29, 0.717) is 19.4 Å². The number of nitrogens with one attached hydrogen (secondary N) is 2. The third-order valence-corrected chi connectivity index (χ3v) is 3.15. The molecule has 1 aromatic rings. The van der Waals surface area contributed by atoms with Crippen molar-refractivity contribution >= 4 is 12.2 Å². The number of benzene rings is 1.